The number of hydrogen-bond donors (Lipinski definition) is 0. The first kappa shape index (κ1) is 19.4. The van der Waals surface area contributed by atoms with Gasteiger partial charge in [0, 0.05) is 35.6 Å². The van der Waals surface area contributed by atoms with Crippen LogP contribution in [0.15, 0.2) is 53.8 Å². The third-order valence-corrected chi connectivity index (χ3v) is 7.37. The molecular formula is C24H27N5S. The summed E-state index contributed by atoms with van der Waals surface area (Å²) >= 11 is 1.89. The van der Waals surface area contributed by atoms with E-state index in [4.69, 9.17) is 4.99 Å². The predicted octanol–water partition coefficient (Wildman–Crippen LogP) is 5.17. The second-order valence-electron chi connectivity index (χ2n) is 8.19. The average molecular weight is 418 g/mol. The number of hydrogen-bond acceptors (Lipinski definition) is 5. The van der Waals surface area contributed by atoms with Crippen LogP contribution in [0.5, 0.6) is 0 Å². The standard InChI is InChI=1S/C24H27N5S/c1-5-18-14-30-24-27-22(20-8-6-7-10-25-20)23(29(18)24)19-13-16(3)28(17(19)4)21-12-15(2)9-11-26-21/h6-13,18,22-23H,5,14H2,1-4H3. The molecule has 3 aromatic heterocycles. The second kappa shape index (κ2) is 7.58. The molecule has 0 spiro atoms. The molecule has 1 saturated heterocycles. The van der Waals surface area contributed by atoms with E-state index < -0.39 is 0 Å². The van der Waals surface area contributed by atoms with Crippen LogP contribution in [-0.4, -0.2) is 36.4 Å². The van der Waals surface area contributed by atoms with E-state index in [0.29, 0.717) is 6.04 Å². The maximum atomic E-state index is 5.16. The molecule has 0 radical (unpaired) electrons. The Morgan fingerprint density at radius 1 is 1.07 bits per heavy atom. The van der Waals surface area contributed by atoms with Crippen molar-refractivity contribution >= 4 is 16.9 Å². The molecule has 0 amide bonds. The fourth-order valence-electron chi connectivity index (χ4n) is 4.77. The molecule has 6 heteroatoms. The summed E-state index contributed by atoms with van der Waals surface area (Å²) < 4.78 is 2.28. The van der Waals surface area contributed by atoms with Gasteiger partial charge in [-0.05, 0) is 68.7 Å². The summed E-state index contributed by atoms with van der Waals surface area (Å²) in [5, 5.41) is 1.17. The van der Waals surface area contributed by atoms with Crippen LogP contribution >= 0.6 is 11.8 Å². The minimum absolute atomic E-state index is 0.0162. The second-order valence-corrected chi connectivity index (χ2v) is 9.18. The molecule has 0 aromatic carbocycles. The molecule has 0 aliphatic carbocycles. The summed E-state index contributed by atoms with van der Waals surface area (Å²) in [4.78, 5) is 17.0. The monoisotopic (exact) mass is 417 g/mol. The van der Waals surface area contributed by atoms with Gasteiger partial charge in [0.25, 0.3) is 0 Å². The van der Waals surface area contributed by atoms with E-state index in [0.717, 1.165) is 23.7 Å². The summed E-state index contributed by atoms with van der Waals surface area (Å²) in [6.07, 6.45) is 4.89. The van der Waals surface area contributed by atoms with Gasteiger partial charge in [-0.2, -0.15) is 0 Å². The molecule has 3 atom stereocenters. The molecule has 30 heavy (non-hydrogen) atoms. The zero-order valence-corrected chi connectivity index (χ0v) is 18.7. The van der Waals surface area contributed by atoms with Gasteiger partial charge in [0.1, 0.15) is 11.9 Å². The van der Waals surface area contributed by atoms with Gasteiger partial charge in [0.15, 0.2) is 5.17 Å². The number of aliphatic imine (C=N–C) groups is 1. The molecular weight excluding hydrogens is 390 g/mol. The quantitative estimate of drug-likeness (QED) is 0.587. The molecule has 2 aliphatic rings. The van der Waals surface area contributed by atoms with Crippen molar-refractivity contribution in [2.24, 2.45) is 4.99 Å². The van der Waals surface area contributed by atoms with Crippen molar-refractivity contribution in [3.05, 3.63) is 77.0 Å². The lowest BCUT2D eigenvalue weighted by molar-refractivity contribution is 0.254. The van der Waals surface area contributed by atoms with Gasteiger partial charge < -0.3 is 9.47 Å². The molecule has 1 fully saturated rings. The molecule has 3 unspecified atom stereocenters. The van der Waals surface area contributed by atoms with Gasteiger partial charge in [-0.3, -0.25) is 9.98 Å². The number of amidine groups is 1. The van der Waals surface area contributed by atoms with Crippen molar-refractivity contribution in [1.82, 2.24) is 19.4 Å². The van der Waals surface area contributed by atoms with E-state index in [1.165, 1.54) is 27.7 Å². The molecule has 0 bridgehead atoms. The van der Waals surface area contributed by atoms with Crippen LogP contribution in [0, 0.1) is 20.8 Å². The Morgan fingerprint density at radius 2 is 1.93 bits per heavy atom. The highest BCUT2D eigenvalue weighted by molar-refractivity contribution is 8.14. The van der Waals surface area contributed by atoms with E-state index in [-0.39, 0.29) is 12.1 Å². The van der Waals surface area contributed by atoms with Crippen molar-refractivity contribution in [2.75, 3.05) is 5.75 Å². The average Bonchev–Trinajstić information content (AvgIpc) is 3.40. The zero-order valence-electron chi connectivity index (χ0n) is 17.9. The SMILES string of the molecule is CCC1CSC2=NC(c3ccccn3)C(c3cc(C)n(-c4cc(C)ccn4)c3C)N21. The molecule has 5 rings (SSSR count). The number of aromatic nitrogens is 3. The highest BCUT2D eigenvalue weighted by atomic mass is 32.2. The van der Waals surface area contributed by atoms with Crippen LogP contribution < -0.4 is 0 Å². The topological polar surface area (TPSA) is 46.3 Å². The molecule has 154 valence electrons. The Labute approximate surface area is 182 Å². The Bertz CT molecular complexity index is 1100. The van der Waals surface area contributed by atoms with Gasteiger partial charge in [-0.25, -0.2) is 4.98 Å². The van der Waals surface area contributed by atoms with Crippen molar-refractivity contribution in [2.45, 2.75) is 52.2 Å². The third kappa shape index (κ3) is 3.05. The first-order valence-corrected chi connectivity index (χ1v) is 11.6. The Morgan fingerprint density at radius 3 is 2.67 bits per heavy atom. The van der Waals surface area contributed by atoms with Crippen LogP contribution in [-0.2, 0) is 0 Å². The van der Waals surface area contributed by atoms with Crippen molar-refractivity contribution in [1.29, 1.82) is 0 Å². The normalized spacial score (nSPS) is 23.0. The Kier molecular flexibility index (Phi) is 4.89. The van der Waals surface area contributed by atoms with Crippen molar-refractivity contribution in [3.8, 4) is 5.82 Å². The molecule has 5 heterocycles. The Balaban J connectivity index is 1.64. The number of aryl methyl sites for hydroxylation is 2. The van der Waals surface area contributed by atoms with E-state index in [2.05, 4.69) is 71.4 Å². The van der Waals surface area contributed by atoms with Crippen molar-refractivity contribution < 1.29 is 0 Å². The maximum absolute atomic E-state index is 5.16. The van der Waals surface area contributed by atoms with Crippen molar-refractivity contribution in [3.63, 3.8) is 0 Å². The molecule has 5 nitrogen and oxygen atoms in total. The summed E-state index contributed by atoms with van der Waals surface area (Å²) in [7, 11) is 0. The molecule has 3 aromatic rings. The summed E-state index contributed by atoms with van der Waals surface area (Å²) in [6.45, 7) is 8.77. The molecule has 2 aliphatic heterocycles. The minimum Gasteiger partial charge on any atom is -0.338 e. The highest BCUT2D eigenvalue weighted by Crippen LogP contribution is 2.49. The number of thioether (sulfide) groups is 1. The predicted molar refractivity (Wildman–Crippen MR) is 123 cm³/mol. The zero-order chi connectivity index (χ0) is 20.8. The van der Waals surface area contributed by atoms with Crippen LogP contribution in [0.3, 0.4) is 0 Å². The van der Waals surface area contributed by atoms with Crippen LogP contribution in [0.25, 0.3) is 5.82 Å². The molecule has 0 N–H and O–H groups in total. The van der Waals surface area contributed by atoms with E-state index in [1.807, 2.05) is 36.3 Å². The van der Waals surface area contributed by atoms with E-state index in [9.17, 15) is 0 Å². The number of rotatable bonds is 4. The van der Waals surface area contributed by atoms with E-state index >= 15 is 0 Å². The molecule has 0 saturated carbocycles. The van der Waals surface area contributed by atoms with Crippen LogP contribution in [0.2, 0.25) is 0 Å². The fraction of sp³-hybridized carbons (Fsp3) is 0.375. The highest BCUT2D eigenvalue weighted by Gasteiger charge is 2.46. The van der Waals surface area contributed by atoms with Gasteiger partial charge in [0.05, 0.1) is 11.7 Å². The third-order valence-electron chi connectivity index (χ3n) is 6.25. The van der Waals surface area contributed by atoms with Gasteiger partial charge >= 0.3 is 0 Å². The van der Waals surface area contributed by atoms with Gasteiger partial charge in [-0.15, -0.1) is 0 Å². The van der Waals surface area contributed by atoms with E-state index in [1.54, 1.807) is 0 Å². The summed E-state index contributed by atoms with van der Waals surface area (Å²) in [5.41, 5.74) is 6.02. The number of fused-ring (bicyclic) bond motifs is 1. The smallest absolute Gasteiger partial charge is 0.160 e. The minimum atomic E-state index is 0.0162. The summed E-state index contributed by atoms with van der Waals surface area (Å²) in [6, 6.07) is 13.4. The lowest BCUT2D eigenvalue weighted by Gasteiger charge is -2.32. The maximum Gasteiger partial charge on any atom is 0.160 e. The van der Waals surface area contributed by atoms with Crippen LogP contribution in [0.4, 0.5) is 0 Å². The number of nitrogens with zero attached hydrogens (tertiary/aromatic N) is 5. The first-order chi connectivity index (χ1) is 14.6. The lowest BCUT2D eigenvalue weighted by atomic mass is 9.95. The lowest BCUT2D eigenvalue weighted by Crippen LogP contribution is -2.35. The first-order valence-electron chi connectivity index (χ1n) is 10.6. The summed E-state index contributed by atoms with van der Waals surface area (Å²) in [5.74, 6) is 2.09. The number of pyridine rings is 2. The van der Waals surface area contributed by atoms with Crippen LogP contribution in [0.1, 0.15) is 53.6 Å². The van der Waals surface area contributed by atoms with Gasteiger partial charge in [-0.1, -0.05) is 24.8 Å². The van der Waals surface area contributed by atoms with Gasteiger partial charge in [0.2, 0.25) is 0 Å². The largest absolute Gasteiger partial charge is 0.338 e. The fourth-order valence-corrected chi connectivity index (χ4v) is 6.11. The Hall–Kier alpha value is -2.60.